The molecule has 0 spiro atoms. The number of piperidine rings is 1. The molecule has 28 heavy (non-hydrogen) atoms. The number of carbonyl (C=O) groups is 2. The van der Waals surface area contributed by atoms with Crippen molar-refractivity contribution in [2.75, 3.05) is 17.6 Å². The minimum Gasteiger partial charge on any atom is -0.383 e. The molecule has 1 aromatic heterocycles. The number of pyridine rings is 1. The Balaban J connectivity index is 1.83. The van der Waals surface area contributed by atoms with Crippen LogP contribution in [0.4, 0.5) is 15.9 Å². The molecule has 0 radical (unpaired) electrons. The second kappa shape index (κ2) is 8.14. The van der Waals surface area contributed by atoms with Crippen LogP contribution in [0.3, 0.4) is 0 Å². The maximum absolute atomic E-state index is 13.8. The lowest BCUT2D eigenvalue weighted by Gasteiger charge is -2.38. The van der Waals surface area contributed by atoms with E-state index in [4.69, 9.17) is 17.3 Å². The van der Waals surface area contributed by atoms with E-state index in [2.05, 4.69) is 10.3 Å². The van der Waals surface area contributed by atoms with Gasteiger partial charge in [0.1, 0.15) is 11.6 Å². The van der Waals surface area contributed by atoms with E-state index in [0.29, 0.717) is 35.6 Å². The number of aromatic nitrogens is 1. The molecule has 148 valence electrons. The first-order chi connectivity index (χ1) is 13.2. The number of hydrogen-bond donors (Lipinski definition) is 2. The molecule has 2 atom stereocenters. The van der Waals surface area contributed by atoms with Gasteiger partial charge in [-0.15, -0.1) is 0 Å². The van der Waals surface area contributed by atoms with Crippen molar-refractivity contribution in [3.05, 3.63) is 52.4 Å². The summed E-state index contributed by atoms with van der Waals surface area (Å²) in [6, 6.07) is 5.45. The topological polar surface area (TPSA) is 88.3 Å². The molecule has 1 fully saturated rings. The summed E-state index contributed by atoms with van der Waals surface area (Å²) in [5.74, 6) is -1.32. The molecule has 0 saturated carbocycles. The smallest absolute Gasteiger partial charge is 0.313 e. The minimum absolute atomic E-state index is 0.234. The number of likely N-dealkylation sites (tertiary alicyclic amines) is 1. The predicted octanol–water partition coefficient (Wildman–Crippen LogP) is 3.70. The summed E-state index contributed by atoms with van der Waals surface area (Å²) < 4.78 is 13.8. The first-order valence-corrected chi connectivity index (χ1v) is 9.42. The molecule has 1 aromatic carbocycles. The molecular weight excluding hydrogens is 383 g/mol. The summed E-state index contributed by atoms with van der Waals surface area (Å²) in [4.78, 5) is 30.9. The third-order valence-corrected chi connectivity index (χ3v) is 5.14. The van der Waals surface area contributed by atoms with E-state index >= 15 is 0 Å². The fourth-order valence-corrected chi connectivity index (χ4v) is 3.69. The largest absolute Gasteiger partial charge is 0.383 e. The molecule has 3 N–H and O–H groups in total. The molecule has 2 aromatic rings. The predicted molar refractivity (Wildman–Crippen MR) is 106 cm³/mol. The Morgan fingerprint density at radius 2 is 2.04 bits per heavy atom. The Labute approximate surface area is 167 Å². The summed E-state index contributed by atoms with van der Waals surface area (Å²) >= 11 is 5.98. The van der Waals surface area contributed by atoms with Crippen LogP contribution in [0.1, 0.15) is 36.9 Å². The van der Waals surface area contributed by atoms with Crippen LogP contribution in [0.2, 0.25) is 5.02 Å². The highest BCUT2D eigenvalue weighted by Gasteiger charge is 2.34. The second-order valence-corrected chi connectivity index (χ2v) is 7.68. The SMILES string of the molecule is Cc1cc(NC(=O)C(=O)N2C[C@H](C)CC[C@H]2c2cc(F)cc(Cl)c2)cnc1N. The number of nitrogens with zero attached hydrogens (tertiary/aromatic N) is 2. The maximum atomic E-state index is 13.8. The quantitative estimate of drug-likeness (QED) is 0.747. The van der Waals surface area contributed by atoms with Crippen LogP contribution in [0.15, 0.2) is 30.5 Å². The van der Waals surface area contributed by atoms with Gasteiger partial charge in [-0.1, -0.05) is 18.5 Å². The van der Waals surface area contributed by atoms with E-state index in [-0.39, 0.29) is 10.9 Å². The molecular formula is C20H22ClFN4O2. The van der Waals surface area contributed by atoms with Crippen molar-refractivity contribution in [3.8, 4) is 0 Å². The number of benzene rings is 1. The van der Waals surface area contributed by atoms with Crippen molar-refractivity contribution in [3.63, 3.8) is 0 Å². The Morgan fingerprint density at radius 1 is 1.29 bits per heavy atom. The maximum Gasteiger partial charge on any atom is 0.313 e. The van der Waals surface area contributed by atoms with E-state index in [0.717, 1.165) is 6.42 Å². The second-order valence-electron chi connectivity index (χ2n) is 7.24. The molecule has 1 aliphatic heterocycles. The first kappa shape index (κ1) is 20.1. The Morgan fingerprint density at radius 3 is 2.71 bits per heavy atom. The average molecular weight is 405 g/mol. The minimum atomic E-state index is -0.771. The molecule has 2 heterocycles. The van der Waals surface area contributed by atoms with Gasteiger partial charge in [0.2, 0.25) is 0 Å². The lowest BCUT2D eigenvalue weighted by molar-refractivity contribution is -0.146. The third-order valence-electron chi connectivity index (χ3n) is 4.92. The van der Waals surface area contributed by atoms with Gasteiger partial charge < -0.3 is 16.0 Å². The van der Waals surface area contributed by atoms with Gasteiger partial charge in [-0.05, 0) is 61.1 Å². The van der Waals surface area contributed by atoms with Gasteiger partial charge in [0.05, 0.1) is 17.9 Å². The number of aryl methyl sites for hydroxylation is 1. The van der Waals surface area contributed by atoms with Gasteiger partial charge in [-0.3, -0.25) is 9.59 Å². The summed E-state index contributed by atoms with van der Waals surface area (Å²) in [5.41, 5.74) is 7.35. The Bertz CT molecular complexity index is 901. The zero-order valence-corrected chi connectivity index (χ0v) is 16.5. The lowest BCUT2D eigenvalue weighted by Crippen LogP contribution is -2.46. The fourth-order valence-electron chi connectivity index (χ4n) is 3.46. The molecule has 3 rings (SSSR count). The van der Waals surface area contributed by atoms with Gasteiger partial charge in [-0.25, -0.2) is 9.37 Å². The van der Waals surface area contributed by atoms with E-state index in [1.54, 1.807) is 19.1 Å². The van der Waals surface area contributed by atoms with Crippen molar-refractivity contribution in [1.29, 1.82) is 0 Å². The van der Waals surface area contributed by atoms with Gasteiger partial charge >= 0.3 is 11.8 Å². The van der Waals surface area contributed by atoms with E-state index < -0.39 is 23.7 Å². The summed E-state index contributed by atoms with van der Waals surface area (Å²) in [6.45, 7) is 4.18. The highest BCUT2D eigenvalue weighted by molar-refractivity contribution is 6.39. The van der Waals surface area contributed by atoms with E-state index in [9.17, 15) is 14.0 Å². The number of carbonyl (C=O) groups excluding carboxylic acids is 2. The fraction of sp³-hybridized carbons (Fsp3) is 0.350. The van der Waals surface area contributed by atoms with E-state index in [1.807, 2.05) is 6.92 Å². The van der Waals surface area contributed by atoms with Crippen LogP contribution in [0.25, 0.3) is 0 Å². The molecule has 0 unspecified atom stereocenters. The van der Waals surface area contributed by atoms with Gasteiger partial charge in [0.15, 0.2) is 0 Å². The molecule has 2 amide bonds. The number of halogens is 2. The van der Waals surface area contributed by atoms with Crippen LogP contribution in [-0.2, 0) is 9.59 Å². The molecule has 0 bridgehead atoms. The number of amides is 2. The highest BCUT2D eigenvalue weighted by atomic mass is 35.5. The Hall–Kier alpha value is -2.67. The zero-order valence-electron chi connectivity index (χ0n) is 15.7. The van der Waals surface area contributed by atoms with Crippen LogP contribution >= 0.6 is 11.6 Å². The number of anilines is 2. The summed E-state index contributed by atoms with van der Waals surface area (Å²) in [7, 11) is 0. The first-order valence-electron chi connectivity index (χ1n) is 9.04. The van der Waals surface area contributed by atoms with Gasteiger partial charge in [0.25, 0.3) is 0 Å². The normalized spacial score (nSPS) is 19.4. The number of hydrogen-bond acceptors (Lipinski definition) is 4. The van der Waals surface area contributed by atoms with Crippen LogP contribution in [-0.4, -0.2) is 28.2 Å². The van der Waals surface area contributed by atoms with Crippen molar-refractivity contribution in [2.24, 2.45) is 5.92 Å². The molecule has 6 nitrogen and oxygen atoms in total. The molecule has 1 saturated heterocycles. The van der Waals surface area contributed by atoms with Gasteiger partial charge in [-0.2, -0.15) is 0 Å². The Kier molecular flexibility index (Phi) is 5.84. The van der Waals surface area contributed by atoms with Crippen molar-refractivity contribution in [2.45, 2.75) is 32.7 Å². The molecule has 0 aliphatic carbocycles. The lowest BCUT2D eigenvalue weighted by atomic mass is 9.89. The number of rotatable bonds is 2. The zero-order chi connectivity index (χ0) is 20.4. The molecule has 1 aliphatic rings. The summed E-state index contributed by atoms with van der Waals surface area (Å²) in [5, 5.41) is 2.83. The van der Waals surface area contributed by atoms with Crippen LogP contribution in [0, 0.1) is 18.7 Å². The number of nitrogens with one attached hydrogen (secondary N) is 1. The summed E-state index contributed by atoms with van der Waals surface area (Å²) in [6.07, 6.45) is 2.89. The van der Waals surface area contributed by atoms with Crippen molar-refractivity contribution >= 4 is 34.9 Å². The number of nitrogen functional groups attached to an aromatic ring is 1. The van der Waals surface area contributed by atoms with Crippen LogP contribution in [0.5, 0.6) is 0 Å². The highest BCUT2D eigenvalue weighted by Crippen LogP contribution is 2.35. The molecule has 8 heteroatoms. The standard InChI is InChI=1S/C20H22ClFN4O2/c1-11-3-4-17(13-6-14(21)8-15(22)7-13)26(10-11)20(28)19(27)25-16-5-12(2)18(23)24-9-16/h5-9,11,17H,3-4,10H2,1-2H3,(H2,23,24)(H,25,27)/t11-,17+/m1/s1. The average Bonchev–Trinajstić information content (AvgIpc) is 2.63. The third kappa shape index (κ3) is 4.42. The van der Waals surface area contributed by atoms with Crippen LogP contribution < -0.4 is 11.1 Å². The van der Waals surface area contributed by atoms with Crippen molar-refractivity contribution < 1.29 is 14.0 Å². The van der Waals surface area contributed by atoms with E-state index in [1.165, 1.54) is 23.2 Å². The van der Waals surface area contributed by atoms with Crippen molar-refractivity contribution in [1.82, 2.24) is 9.88 Å². The number of nitrogens with two attached hydrogens (primary N) is 1. The monoisotopic (exact) mass is 404 g/mol. The van der Waals surface area contributed by atoms with Gasteiger partial charge in [0, 0.05) is 11.6 Å².